The predicted molar refractivity (Wildman–Crippen MR) is 141 cm³/mol. The lowest BCUT2D eigenvalue weighted by atomic mass is 9.78. The lowest BCUT2D eigenvalue weighted by molar-refractivity contribution is -0.146. The molecule has 0 aliphatic rings. The first-order chi connectivity index (χ1) is 16.4. The molecule has 1 atom stereocenters. The number of rotatable bonds is 13. The van der Waals surface area contributed by atoms with Crippen LogP contribution in [0.15, 0.2) is 36.4 Å². The fourth-order valence-corrected chi connectivity index (χ4v) is 5.04. The molecule has 10 heteroatoms. The molecule has 0 heterocycles. The van der Waals surface area contributed by atoms with E-state index < -0.39 is 27.3 Å². The Labute approximate surface area is 222 Å². The highest BCUT2D eigenvalue weighted by Crippen LogP contribution is 2.40. The summed E-state index contributed by atoms with van der Waals surface area (Å²) in [5.74, 6) is 0.485. The van der Waals surface area contributed by atoms with Crippen molar-refractivity contribution in [3.8, 4) is 11.5 Å². The first-order valence-electron chi connectivity index (χ1n) is 11.2. The first-order valence-corrected chi connectivity index (χ1v) is 14.3. The van der Waals surface area contributed by atoms with E-state index in [9.17, 15) is 13.2 Å². The van der Waals surface area contributed by atoms with Crippen molar-refractivity contribution in [2.24, 2.45) is 0 Å². The molecular weight excluding hydrogens is 535 g/mol. The minimum Gasteiger partial charge on any atom is -0.494 e. The van der Waals surface area contributed by atoms with Gasteiger partial charge in [-0.1, -0.05) is 56.1 Å². The van der Waals surface area contributed by atoms with Crippen LogP contribution in [-0.2, 0) is 24.8 Å². The second-order valence-corrected chi connectivity index (χ2v) is 12.1. The van der Waals surface area contributed by atoms with Gasteiger partial charge >= 0.3 is 5.97 Å². The molecule has 0 amide bonds. The van der Waals surface area contributed by atoms with E-state index in [0.717, 1.165) is 23.3 Å². The molecule has 2 aromatic carbocycles. The van der Waals surface area contributed by atoms with Gasteiger partial charge in [0.2, 0.25) is 0 Å². The van der Waals surface area contributed by atoms with Crippen molar-refractivity contribution in [2.75, 3.05) is 30.6 Å². The van der Waals surface area contributed by atoms with Crippen LogP contribution in [0, 0.1) is 0 Å². The Balaban J connectivity index is 2.20. The van der Waals surface area contributed by atoms with Crippen molar-refractivity contribution in [3.05, 3.63) is 57.6 Å². The van der Waals surface area contributed by atoms with Crippen LogP contribution in [0.2, 0.25) is 10.0 Å². The van der Waals surface area contributed by atoms with E-state index in [1.54, 1.807) is 12.1 Å². The molecule has 35 heavy (non-hydrogen) atoms. The van der Waals surface area contributed by atoms with Crippen LogP contribution in [0.5, 0.6) is 11.5 Å². The van der Waals surface area contributed by atoms with E-state index in [1.165, 1.54) is 13.8 Å². The average molecular weight is 566 g/mol. The summed E-state index contributed by atoms with van der Waals surface area (Å²) in [7, 11) is -3.39. The Bertz CT molecular complexity index is 1080. The van der Waals surface area contributed by atoms with Crippen molar-refractivity contribution >= 4 is 50.6 Å². The zero-order valence-corrected chi connectivity index (χ0v) is 23.4. The SMILES string of the molecule is CCS(=O)(=O)C[C@@H](COc1c(Cl)cc(C(C)(C)c2ccc(OCCCCl)cc2)cc1Cl)OC(C)=O. The number of alkyl halides is 1. The lowest BCUT2D eigenvalue weighted by Gasteiger charge is -2.27. The minimum atomic E-state index is -3.39. The van der Waals surface area contributed by atoms with Crippen LogP contribution in [0.4, 0.5) is 0 Å². The maximum absolute atomic E-state index is 12.0. The Kier molecular flexibility index (Phi) is 11.0. The van der Waals surface area contributed by atoms with Gasteiger partial charge in [0.25, 0.3) is 0 Å². The Morgan fingerprint density at radius 1 is 1.03 bits per heavy atom. The maximum Gasteiger partial charge on any atom is 0.303 e. The van der Waals surface area contributed by atoms with Gasteiger partial charge in [-0.05, 0) is 41.8 Å². The molecule has 2 aromatic rings. The number of carbonyl (C=O) groups excluding carboxylic acids is 1. The highest BCUT2D eigenvalue weighted by atomic mass is 35.5. The third-order valence-corrected chi connectivity index (χ3v) is 8.06. The van der Waals surface area contributed by atoms with Gasteiger partial charge < -0.3 is 14.2 Å². The third-order valence-electron chi connectivity index (χ3n) is 5.47. The van der Waals surface area contributed by atoms with Gasteiger partial charge in [-0.3, -0.25) is 4.79 Å². The molecule has 0 unspecified atom stereocenters. The highest BCUT2D eigenvalue weighted by Gasteiger charge is 2.27. The van der Waals surface area contributed by atoms with Gasteiger partial charge in [-0.2, -0.15) is 0 Å². The maximum atomic E-state index is 12.0. The predicted octanol–water partition coefficient (Wildman–Crippen LogP) is 6.07. The Morgan fingerprint density at radius 2 is 1.63 bits per heavy atom. The van der Waals surface area contributed by atoms with Crippen LogP contribution >= 0.6 is 34.8 Å². The quantitative estimate of drug-likeness (QED) is 0.167. The van der Waals surface area contributed by atoms with Crippen molar-refractivity contribution in [2.45, 2.75) is 45.6 Å². The largest absolute Gasteiger partial charge is 0.494 e. The van der Waals surface area contributed by atoms with Gasteiger partial charge in [-0.15, -0.1) is 11.6 Å². The smallest absolute Gasteiger partial charge is 0.303 e. The molecule has 0 radical (unpaired) electrons. The molecule has 0 saturated carbocycles. The first kappa shape index (κ1) is 29.6. The molecule has 0 spiro atoms. The van der Waals surface area contributed by atoms with Crippen molar-refractivity contribution in [1.29, 1.82) is 0 Å². The summed E-state index contributed by atoms with van der Waals surface area (Å²) in [5, 5.41) is 0.531. The monoisotopic (exact) mass is 564 g/mol. The molecule has 2 rings (SSSR count). The lowest BCUT2D eigenvalue weighted by Crippen LogP contribution is -2.32. The van der Waals surface area contributed by atoms with Gasteiger partial charge in [0.1, 0.15) is 18.5 Å². The van der Waals surface area contributed by atoms with Crippen molar-refractivity contribution in [1.82, 2.24) is 0 Å². The average Bonchev–Trinajstić information content (AvgIpc) is 2.78. The molecule has 0 saturated heterocycles. The van der Waals surface area contributed by atoms with E-state index in [-0.39, 0.29) is 33.9 Å². The number of ether oxygens (including phenoxy) is 3. The molecule has 0 fully saturated rings. The van der Waals surface area contributed by atoms with E-state index in [0.29, 0.717) is 12.5 Å². The van der Waals surface area contributed by atoms with Gasteiger partial charge in [0.15, 0.2) is 15.6 Å². The fraction of sp³-hybridized carbons (Fsp3) is 0.480. The number of hydrogen-bond acceptors (Lipinski definition) is 6. The Morgan fingerprint density at radius 3 is 2.14 bits per heavy atom. The van der Waals surface area contributed by atoms with Gasteiger partial charge in [-0.25, -0.2) is 8.42 Å². The summed E-state index contributed by atoms with van der Waals surface area (Å²) in [5.41, 5.74) is 1.46. The van der Waals surface area contributed by atoms with E-state index in [1.807, 2.05) is 38.1 Å². The number of esters is 1. The number of sulfone groups is 1. The standard InChI is InChI=1S/C25H31Cl3O6S/c1-5-35(30,31)16-21(34-17(2)29)15-33-24-22(27)13-19(14-23(24)28)25(3,4)18-7-9-20(10-8-18)32-12-6-11-26/h7-10,13-14,21H,5-6,11-12,15-16H2,1-4H3/t21-/m1/s1. The van der Waals surface area contributed by atoms with Crippen LogP contribution in [0.25, 0.3) is 0 Å². The highest BCUT2D eigenvalue weighted by molar-refractivity contribution is 7.91. The number of hydrogen-bond donors (Lipinski definition) is 0. The van der Waals surface area contributed by atoms with Crippen LogP contribution in [0.3, 0.4) is 0 Å². The zero-order chi connectivity index (χ0) is 26.2. The summed E-state index contributed by atoms with van der Waals surface area (Å²) in [6.45, 7) is 7.18. The summed E-state index contributed by atoms with van der Waals surface area (Å²) in [6.07, 6.45) is -0.207. The topological polar surface area (TPSA) is 78.9 Å². The number of benzene rings is 2. The number of halogens is 3. The van der Waals surface area contributed by atoms with Gasteiger partial charge in [0.05, 0.1) is 22.4 Å². The second-order valence-electron chi connectivity index (χ2n) is 8.55. The summed E-state index contributed by atoms with van der Waals surface area (Å²) < 4.78 is 40.5. The van der Waals surface area contributed by atoms with Crippen molar-refractivity contribution < 1.29 is 27.4 Å². The van der Waals surface area contributed by atoms with Crippen LogP contribution < -0.4 is 9.47 Å². The third kappa shape index (κ3) is 8.74. The molecular formula is C25H31Cl3O6S. The Hall–Kier alpha value is -1.67. The molecule has 0 bridgehead atoms. The molecule has 0 N–H and O–H groups in total. The molecule has 0 aliphatic heterocycles. The second kappa shape index (κ2) is 13.0. The zero-order valence-electron chi connectivity index (χ0n) is 20.3. The van der Waals surface area contributed by atoms with Gasteiger partial charge in [0, 0.05) is 24.0 Å². The molecule has 0 aliphatic carbocycles. The molecule has 0 aromatic heterocycles. The minimum absolute atomic E-state index is 0.0728. The fourth-order valence-electron chi connectivity index (χ4n) is 3.37. The van der Waals surface area contributed by atoms with Crippen LogP contribution in [-0.4, -0.2) is 51.1 Å². The number of carbonyl (C=O) groups is 1. The van der Waals surface area contributed by atoms with Crippen molar-refractivity contribution in [3.63, 3.8) is 0 Å². The summed E-state index contributed by atoms with van der Waals surface area (Å²) >= 11 is 18.7. The van der Waals surface area contributed by atoms with E-state index >= 15 is 0 Å². The molecule has 6 nitrogen and oxygen atoms in total. The van der Waals surface area contributed by atoms with Crippen LogP contribution in [0.1, 0.15) is 45.2 Å². The summed E-state index contributed by atoms with van der Waals surface area (Å²) in [6, 6.07) is 11.3. The normalized spacial score (nSPS) is 12.8. The van der Waals surface area contributed by atoms with E-state index in [2.05, 4.69) is 0 Å². The molecule has 194 valence electrons. The van der Waals surface area contributed by atoms with E-state index in [4.69, 9.17) is 49.0 Å². The summed E-state index contributed by atoms with van der Waals surface area (Å²) in [4.78, 5) is 11.4.